The smallest absolute Gasteiger partial charge is 0.332 e. The van der Waals surface area contributed by atoms with Gasteiger partial charge in [0, 0.05) is 19.0 Å². The summed E-state index contributed by atoms with van der Waals surface area (Å²) in [7, 11) is 2.71. The normalized spacial score (nSPS) is 15.2. The van der Waals surface area contributed by atoms with Crippen LogP contribution in [0.2, 0.25) is 0 Å². The molecule has 1 aliphatic carbocycles. The van der Waals surface area contributed by atoms with E-state index in [-0.39, 0.29) is 22.7 Å². The molecule has 0 saturated carbocycles. The Kier molecular flexibility index (Phi) is 6.21. The second-order valence-corrected chi connectivity index (χ2v) is 11.1. The van der Waals surface area contributed by atoms with Crippen molar-refractivity contribution in [1.29, 1.82) is 0 Å². The molecule has 36 heavy (non-hydrogen) atoms. The Balaban J connectivity index is 1.61. The van der Waals surface area contributed by atoms with Crippen LogP contribution in [0.1, 0.15) is 34.1 Å². The molecule has 0 saturated heterocycles. The summed E-state index contributed by atoms with van der Waals surface area (Å²) >= 11 is 2.61. The van der Waals surface area contributed by atoms with E-state index < -0.39 is 17.0 Å². The van der Waals surface area contributed by atoms with Crippen molar-refractivity contribution in [2.45, 2.75) is 31.3 Å². The SMILES string of the molecule is C[C@@H]1CCc2c(sc3nc(SCC(=O)c4c(N)n(C)c(=O)n(C)c4=O)n(-c4ccccc4)c(=O)c23)C1. The number of carbonyl (C=O) groups excluding carboxylic acids is 1. The van der Waals surface area contributed by atoms with E-state index >= 15 is 0 Å². The number of aromatic nitrogens is 4. The second kappa shape index (κ2) is 9.21. The van der Waals surface area contributed by atoms with E-state index in [1.165, 1.54) is 23.5 Å². The zero-order valence-corrected chi connectivity index (χ0v) is 21.7. The van der Waals surface area contributed by atoms with Gasteiger partial charge in [0.25, 0.3) is 11.1 Å². The van der Waals surface area contributed by atoms with Crippen LogP contribution in [0.4, 0.5) is 5.82 Å². The fourth-order valence-electron chi connectivity index (χ4n) is 4.60. The maximum Gasteiger partial charge on any atom is 0.332 e. The third kappa shape index (κ3) is 3.92. The highest BCUT2D eigenvalue weighted by Gasteiger charge is 2.26. The molecule has 9 nitrogen and oxygen atoms in total. The summed E-state index contributed by atoms with van der Waals surface area (Å²) in [5.74, 6) is -0.340. The number of carbonyl (C=O) groups is 1. The van der Waals surface area contributed by atoms with Crippen molar-refractivity contribution >= 4 is 44.9 Å². The molecule has 11 heteroatoms. The van der Waals surface area contributed by atoms with Gasteiger partial charge in [0.2, 0.25) is 0 Å². The molecule has 3 heterocycles. The molecule has 2 N–H and O–H groups in total. The van der Waals surface area contributed by atoms with Gasteiger partial charge in [-0.15, -0.1) is 11.3 Å². The number of hydrogen-bond donors (Lipinski definition) is 1. The molecular formula is C25H25N5O4S2. The van der Waals surface area contributed by atoms with Crippen molar-refractivity contribution in [3.8, 4) is 5.69 Å². The predicted molar refractivity (Wildman–Crippen MR) is 143 cm³/mol. The average molecular weight is 524 g/mol. The van der Waals surface area contributed by atoms with Crippen LogP contribution in [0.5, 0.6) is 0 Å². The maximum atomic E-state index is 13.8. The number of ketones is 1. The third-order valence-electron chi connectivity index (χ3n) is 6.63. The lowest BCUT2D eigenvalue weighted by atomic mass is 9.89. The molecule has 0 aliphatic heterocycles. The number of anilines is 1. The molecule has 1 aromatic carbocycles. The van der Waals surface area contributed by atoms with Gasteiger partial charge in [-0.1, -0.05) is 36.9 Å². The molecule has 0 radical (unpaired) electrons. The monoisotopic (exact) mass is 523 g/mol. The van der Waals surface area contributed by atoms with Crippen molar-refractivity contribution in [2.75, 3.05) is 11.5 Å². The Morgan fingerprint density at radius 1 is 1.14 bits per heavy atom. The molecule has 0 fully saturated rings. The number of Topliss-reactive ketones (excluding diaryl/α,β-unsaturated/α-hetero) is 1. The van der Waals surface area contributed by atoms with Crippen LogP contribution in [0.3, 0.4) is 0 Å². The lowest BCUT2D eigenvalue weighted by molar-refractivity contribution is 0.102. The highest BCUT2D eigenvalue weighted by atomic mass is 32.2. The van der Waals surface area contributed by atoms with Crippen LogP contribution in [0.25, 0.3) is 15.9 Å². The fourth-order valence-corrected chi connectivity index (χ4v) is 6.91. The van der Waals surface area contributed by atoms with Crippen molar-refractivity contribution in [3.05, 3.63) is 77.5 Å². The number of nitrogen functional groups attached to an aromatic ring is 1. The van der Waals surface area contributed by atoms with E-state index in [4.69, 9.17) is 10.7 Å². The highest BCUT2D eigenvalue weighted by Crippen LogP contribution is 2.37. The minimum atomic E-state index is -0.745. The van der Waals surface area contributed by atoms with E-state index in [9.17, 15) is 19.2 Å². The Bertz CT molecular complexity index is 1700. The van der Waals surface area contributed by atoms with Crippen molar-refractivity contribution in [2.24, 2.45) is 20.0 Å². The first kappa shape index (κ1) is 24.3. The van der Waals surface area contributed by atoms with Crippen molar-refractivity contribution in [1.82, 2.24) is 18.7 Å². The second-order valence-electron chi connectivity index (χ2n) is 9.08. The van der Waals surface area contributed by atoms with Crippen LogP contribution in [0.15, 0.2) is 49.9 Å². The quantitative estimate of drug-likeness (QED) is 0.242. The van der Waals surface area contributed by atoms with Crippen molar-refractivity contribution < 1.29 is 4.79 Å². The first-order chi connectivity index (χ1) is 17.2. The van der Waals surface area contributed by atoms with E-state index in [1.807, 2.05) is 30.3 Å². The third-order valence-corrected chi connectivity index (χ3v) is 8.72. The van der Waals surface area contributed by atoms with Gasteiger partial charge in [-0.3, -0.25) is 28.1 Å². The molecular weight excluding hydrogens is 498 g/mol. The molecule has 5 rings (SSSR count). The summed E-state index contributed by atoms with van der Waals surface area (Å²) < 4.78 is 3.46. The number of thiophene rings is 1. The fraction of sp³-hybridized carbons (Fsp3) is 0.320. The van der Waals surface area contributed by atoms with Gasteiger partial charge < -0.3 is 5.73 Å². The molecule has 0 bridgehead atoms. The number of rotatable bonds is 5. The lowest BCUT2D eigenvalue weighted by Crippen LogP contribution is -2.41. The van der Waals surface area contributed by atoms with Crippen LogP contribution in [0, 0.1) is 5.92 Å². The van der Waals surface area contributed by atoms with Gasteiger partial charge in [0.1, 0.15) is 16.2 Å². The molecule has 1 aliphatic rings. The Hall–Kier alpha value is -3.44. The number of thioether (sulfide) groups is 1. The van der Waals surface area contributed by atoms with Crippen LogP contribution < -0.4 is 22.5 Å². The lowest BCUT2D eigenvalue weighted by Gasteiger charge is -2.17. The topological polar surface area (TPSA) is 122 Å². The Labute approximate surface area is 214 Å². The number of nitrogens with zero attached hydrogens (tertiary/aromatic N) is 4. The summed E-state index contributed by atoms with van der Waals surface area (Å²) in [6.45, 7) is 2.21. The van der Waals surface area contributed by atoms with Crippen LogP contribution >= 0.6 is 23.1 Å². The number of fused-ring (bicyclic) bond motifs is 3. The molecule has 0 amide bonds. The minimum Gasteiger partial charge on any atom is -0.384 e. The molecule has 0 unspecified atom stereocenters. The van der Waals surface area contributed by atoms with Crippen molar-refractivity contribution in [3.63, 3.8) is 0 Å². The largest absolute Gasteiger partial charge is 0.384 e. The summed E-state index contributed by atoms with van der Waals surface area (Å²) in [5, 5.41) is 1.01. The summed E-state index contributed by atoms with van der Waals surface area (Å²) in [6.07, 6.45) is 2.81. The molecule has 1 atom stereocenters. The summed E-state index contributed by atoms with van der Waals surface area (Å²) in [4.78, 5) is 58.4. The van der Waals surface area contributed by atoms with E-state index in [1.54, 1.807) is 11.3 Å². The number of para-hydroxylation sites is 1. The number of nitrogens with two attached hydrogens (primary N) is 1. The zero-order valence-electron chi connectivity index (χ0n) is 20.1. The van der Waals surface area contributed by atoms with Gasteiger partial charge in [0.15, 0.2) is 10.9 Å². The van der Waals surface area contributed by atoms with Gasteiger partial charge in [-0.05, 0) is 42.9 Å². The number of benzene rings is 1. The molecule has 0 spiro atoms. The highest BCUT2D eigenvalue weighted by molar-refractivity contribution is 7.99. The number of hydrogen-bond acceptors (Lipinski definition) is 8. The Morgan fingerprint density at radius 3 is 2.58 bits per heavy atom. The van der Waals surface area contributed by atoms with Gasteiger partial charge >= 0.3 is 5.69 Å². The molecule has 3 aromatic heterocycles. The Morgan fingerprint density at radius 2 is 1.86 bits per heavy atom. The molecule has 4 aromatic rings. The first-order valence-electron chi connectivity index (χ1n) is 11.5. The summed E-state index contributed by atoms with van der Waals surface area (Å²) in [5.41, 5.74) is 5.93. The van der Waals surface area contributed by atoms with Crippen LogP contribution in [-0.2, 0) is 26.9 Å². The minimum absolute atomic E-state index is 0.161. The van der Waals surface area contributed by atoms with E-state index in [2.05, 4.69) is 6.92 Å². The number of aryl methyl sites for hydroxylation is 1. The van der Waals surface area contributed by atoms with Gasteiger partial charge in [-0.2, -0.15) is 0 Å². The zero-order chi connectivity index (χ0) is 25.7. The van der Waals surface area contributed by atoms with E-state index in [0.29, 0.717) is 27.0 Å². The maximum absolute atomic E-state index is 13.8. The summed E-state index contributed by atoms with van der Waals surface area (Å²) in [6, 6.07) is 9.18. The molecule has 186 valence electrons. The predicted octanol–water partition coefficient (Wildman–Crippen LogP) is 2.53. The van der Waals surface area contributed by atoms with E-state index in [0.717, 1.165) is 45.7 Å². The standard InChI is InChI=1S/C25H25N5O4S2/c1-13-9-10-15-17(11-13)36-21-18(15)23(33)30(14-7-5-4-6-8-14)24(27-21)35-12-16(31)19-20(26)28(2)25(34)29(3)22(19)32/h4-8,13H,9-12,26H2,1-3H3/t13-/m1/s1. The van der Waals surface area contributed by atoms with Gasteiger partial charge in [0.05, 0.1) is 16.8 Å². The van der Waals surface area contributed by atoms with Crippen LogP contribution in [-0.4, -0.2) is 30.2 Å². The van der Waals surface area contributed by atoms with Gasteiger partial charge in [-0.25, -0.2) is 9.78 Å². The average Bonchev–Trinajstić information content (AvgIpc) is 3.23. The first-order valence-corrected chi connectivity index (χ1v) is 13.3.